The molecule has 3 unspecified atom stereocenters. The van der Waals surface area contributed by atoms with Crippen molar-refractivity contribution in [1.82, 2.24) is 15.5 Å². The molecule has 1 saturated heterocycles. The van der Waals surface area contributed by atoms with Gasteiger partial charge in [-0.1, -0.05) is 13.8 Å². The highest BCUT2D eigenvalue weighted by Crippen LogP contribution is 2.21. The molecule has 0 aromatic carbocycles. The van der Waals surface area contributed by atoms with Gasteiger partial charge in [0.15, 0.2) is 0 Å². The molecule has 2 N–H and O–H groups in total. The van der Waals surface area contributed by atoms with Crippen LogP contribution in [0.3, 0.4) is 0 Å². The van der Waals surface area contributed by atoms with E-state index in [0.717, 1.165) is 38.9 Å². The van der Waals surface area contributed by atoms with Crippen LogP contribution >= 0.6 is 0 Å². The maximum absolute atomic E-state index is 12.1. The van der Waals surface area contributed by atoms with Gasteiger partial charge in [-0.3, -0.25) is 9.69 Å². The summed E-state index contributed by atoms with van der Waals surface area (Å²) in [5.41, 5.74) is 0. The Balaban J connectivity index is 1.77. The van der Waals surface area contributed by atoms with Crippen molar-refractivity contribution in [2.24, 2.45) is 5.92 Å². The van der Waals surface area contributed by atoms with Crippen LogP contribution in [0.5, 0.6) is 0 Å². The standard InChI is InChI=1S/C15H29N3O/c1-4-8-16-14-7-9-18(10-11(14)2)12(3)15(19)17-13-5-6-13/h11-14,16H,4-10H2,1-3H3,(H,17,19). The van der Waals surface area contributed by atoms with Crippen LogP contribution < -0.4 is 10.6 Å². The minimum atomic E-state index is 0.0233. The third kappa shape index (κ3) is 4.18. The zero-order valence-corrected chi connectivity index (χ0v) is 12.6. The van der Waals surface area contributed by atoms with E-state index >= 15 is 0 Å². The molecule has 2 aliphatic rings. The van der Waals surface area contributed by atoms with E-state index < -0.39 is 0 Å². The number of nitrogens with one attached hydrogen (secondary N) is 2. The van der Waals surface area contributed by atoms with Gasteiger partial charge in [0.2, 0.25) is 5.91 Å². The Bertz CT molecular complexity index is 304. The molecule has 19 heavy (non-hydrogen) atoms. The first-order chi connectivity index (χ1) is 9.11. The van der Waals surface area contributed by atoms with Gasteiger partial charge in [-0.05, 0) is 45.1 Å². The Hall–Kier alpha value is -0.610. The van der Waals surface area contributed by atoms with Crippen LogP contribution in [-0.2, 0) is 4.79 Å². The van der Waals surface area contributed by atoms with Gasteiger partial charge in [0, 0.05) is 25.2 Å². The monoisotopic (exact) mass is 267 g/mol. The fourth-order valence-corrected chi connectivity index (χ4v) is 2.88. The van der Waals surface area contributed by atoms with E-state index in [1.165, 1.54) is 6.42 Å². The molecular formula is C15H29N3O. The largest absolute Gasteiger partial charge is 0.352 e. The summed E-state index contributed by atoms with van der Waals surface area (Å²) in [6.07, 6.45) is 4.67. The Kier molecular flexibility index (Phi) is 5.22. The highest BCUT2D eigenvalue weighted by molar-refractivity contribution is 5.81. The van der Waals surface area contributed by atoms with E-state index in [9.17, 15) is 4.79 Å². The third-order valence-electron chi connectivity index (χ3n) is 4.44. The second kappa shape index (κ2) is 6.71. The lowest BCUT2D eigenvalue weighted by molar-refractivity contribution is -0.126. The predicted octanol–water partition coefficient (Wildman–Crippen LogP) is 1.36. The van der Waals surface area contributed by atoms with Gasteiger partial charge in [0.25, 0.3) is 0 Å². The zero-order valence-electron chi connectivity index (χ0n) is 12.6. The van der Waals surface area contributed by atoms with Crippen molar-refractivity contribution in [2.75, 3.05) is 19.6 Å². The quantitative estimate of drug-likeness (QED) is 0.764. The van der Waals surface area contributed by atoms with Crippen LogP contribution in [0.1, 0.15) is 46.5 Å². The molecule has 0 bridgehead atoms. The fourth-order valence-electron chi connectivity index (χ4n) is 2.88. The van der Waals surface area contributed by atoms with Crippen molar-refractivity contribution in [1.29, 1.82) is 0 Å². The molecule has 0 aromatic heterocycles. The van der Waals surface area contributed by atoms with Crippen molar-refractivity contribution in [3.05, 3.63) is 0 Å². The number of rotatable bonds is 6. The van der Waals surface area contributed by atoms with Crippen LogP contribution in [-0.4, -0.2) is 48.6 Å². The second-order valence-corrected chi connectivity index (χ2v) is 6.28. The molecule has 110 valence electrons. The van der Waals surface area contributed by atoms with E-state index in [1.807, 2.05) is 6.92 Å². The number of hydrogen-bond donors (Lipinski definition) is 2. The molecule has 4 nitrogen and oxygen atoms in total. The van der Waals surface area contributed by atoms with Gasteiger partial charge in [-0.15, -0.1) is 0 Å². The topological polar surface area (TPSA) is 44.4 Å². The van der Waals surface area contributed by atoms with Crippen molar-refractivity contribution in [3.63, 3.8) is 0 Å². The van der Waals surface area contributed by atoms with E-state index in [1.54, 1.807) is 0 Å². The molecule has 1 saturated carbocycles. The van der Waals surface area contributed by atoms with Gasteiger partial charge in [0.1, 0.15) is 0 Å². The van der Waals surface area contributed by atoms with E-state index in [2.05, 4.69) is 29.4 Å². The molecule has 2 rings (SSSR count). The summed E-state index contributed by atoms with van der Waals surface area (Å²) in [7, 11) is 0. The Morgan fingerprint density at radius 2 is 2.11 bits per heavy atom. The summed E-state index contributed by atoms with van der Waals surface area (Å²) in [6, 6.07) is 1.11. The molecule has 0 spiro atoms. The minimum absolute atomic E-state index is 0.0233. The van der Waals surface area contributed by atoms with Crippen molar-refractivity contribution >= 4 is 5.91 Å². The molecule has 4 heteroatoms. The third-order valence-corrected chi connectivity index (χ3v) is 4.44. The normalized spacial score (nSPS) is 30.1. The maximum Gasteiger partial charge on any atom is 0.237 e. The van der Waals surface area contributed by atoms with Crippen LogP contribution in [0, 0.1) is 5.92 Å². The van der Waals surface area contributed by atoms with E-state index in [0.29, 0.717) is 18.0 Å². The summed E-state index contributed by atoms with van der Waals surface area (Å²) in [4.78, 5) is 14.4. The van der Waals surface area contributed by atoms with Gasteiger partial charge in [0.05, 0.1) is 6.04 Å². The predicted molar refractivity (Wildman–Crippen MR) is 78.1 cm³/mol. The number of amides is 1. The van der Waals surface area contributed by atoms with Crippen molar-refractivity contribution in [2.45, 2.75) is 64.6 Å². The summed E-state index contributed by atoms with van der Waals surface area (Å²) >= 11 is 0. The molecule has 1 aliphatic carbocycles. The maximum atomic E-state index is 12.1. The van der Waals surface area contributed by atoms with Crippen molar-refractivity contribution in [3.8, 4) is 0 Å². The van der Waals surface area contributed by atoms with Crippen LogP contribution in [0.15, 0.2) is 0 Å². The molecule has 1 amide bonds. The van der Waals surface area contributed by atoms with Gasteiger partial charge in [-0.25, -0.2) is 0 Å². The van der Waals surface area contributed by atoms with Crippen molar-refractivity contribution < 1.29 is 4.79 Å². The average Bonchev–Trinajstić information content (AvgIpc) is 3.20. The SMILES string of the molecule is CCCNC1CCN(C(C)C(=O)NC2CC2)CC1C. The Morgan fingerprint density at radius 1 is 1.37 bits per heavy atom. The molecule has 1 heterocycles. The first kappa shape index (κ1) is 14.8. The number of carbonyl (C=O) groups is 1. The highest BCUT2D eigenvalue weighted by Gasteiger charge is 2.32. The minimum Gasteiger partial charge on any atom is -0.352 e. The summed E-state index contributed by atoms with van der Waals surface area (Å²) in [5, 5.41) is 6.74. The van der Waals surface area contributed by atoms with Gasteiger partial charge >= 0.3 is 0 Å². The van der Waals surface area contributed by atoms with Crippen LogP contribution in [0.2, 0.25) is 0 Å². The lowest BCUT2D eigenvalue weighted by Crippen LogP contribution is -2.54. The van der Waals surface area contributed by atoms with Gasteiger partial charge in [-0.2, -0.15) is 0 Å². The number of likely N-dealkylation sites (tertiary alicyclic amines) is 1. The fraction of sp³-hybridized carbons (Fsp3) is 0.933. The molecule has 2 fully saturated rings. The molecular weight excluding hydrogens is 238 g/mol. The molecule has 3 atom stereocenters. The van der Waals surface area contributed by atoms with Crippen LogP contribution in [0.25, 0.3) is 0 Å². The highest BCUT2D eigenvalue weighted by atomic mass is 16.2. The van der Waals surface area contributed by atoms with Crippen LogP contribution in [0.4, 0.5) is 0 Å². The zero-order chi connectivity index (χ0) is 13.8. The first-order valence-electron chi connectivity index (χ1n) is 7.89. The lowest BCUT2D eigenvalue weighted by atomic mass is 9.92. The average molecular weight is 267 g/mol. The first-order valence-corrected chi connectivity index (χ1v) is 7.89. The number of nitrogens with zero attached hydrogens (tertiary/aromatic N) is 1. The molecule has 0 aromatic rings. The number of hydrogen-bond acceptors (Lipinski definition) is 3. The Morgan fingerprint density at radius 3 is 2.68 bits per heavy atom. The number of piperidine rings is 1. The number of carbonyl (C=O) groups excluding carboxylic acids is 1. The summed E-state index contributed by atoms with van der Waals surface area (Å²) in [5.74, 6) is 0.839. The molecule has 1 aliphatic heterocycles. The Labute approximate surface area is 117 Å². The summed E-state index contributed by atoms with van der Waals surface area (Å²) in [6.45, 7) is 9.71. The molecule has 0 radical (unpaired) electrons. The lowest BCUT2D eigenvalue weighted by Gasteiger charge is -2.39. The second-order valence-electron chi connectivity index (χ2n) is 6.28. The summed E-state index contributed by atoms with van der Waals surface area (Å²) < 4.78 is 0. The van der Waals surface area contributed by atoms with Gasteiger partial charge < -0.3 is 10.6 Å². The smallest absolute Gasteiger partial charge is 0.237 e. The van der Waals surface area contributed by atoms with E-state index in [-0.39, 0.29) is 11.9 Å². The van der Waals surface area contributed by atoms with E-state index in [4.69, 9.17) is 0 Å².